The van der Waals surface area contributed by atoms with Crippen LogP contribution in [0.1, 0.15) is 51.0 Å². The van der Waals surface area contributed by atoms with Crippen molar-refractivity contribution < 1.29 is 14.6 Å². The van der Waals surface area contributed by atoms with Gasteiger partial charge in [0, 0.05) is 19.0 Å². The molecule has 2 aliphatic carbocycles. The van der Waals surface area contributed by atoms with Gasteiger partial charge in [0.05, 0.1) is 11.7 Å². The molecule has 1 amide bonds. The Morgan fingerprint density at radius 3 is 2.28 bits per heavy atom. The van der Waals surface area contributed by atoms with E-state index in [1.807, 2.05) is 11.8 Å². The summed E-state index contributed by atoms with van der Waals surface area (Å²) in [5.41, 5.74) is 1.02. The van der Waals surface area contributed by atoms with Crippen LogP contribution < -0.4 is 4.74 Å². The van der Waals surface area contributed by atoms with Gasteiger partial charge in [-0.25, -0.2) is 0 Å². The SMILES string of the molecule is Cc1ccc(OC2CC3(CCN(C(=O)[C@H]4C[C@@](C)(O)C4)CC3)C2)cc1. The second-order valence-electron chi connectivity index (χ2n) is 8.89. The molecule has 0 bridgehead atoms. The van der Waals surface area contributed by atoms with Crippen molar-refractivity contribution in [3.8, 4) is 5.75 Å². The minimum absolute atomic E-state index is 0.0445. The van der Waals surface area contributed by atoms with Gasteiger partial charge in [-0.1, -0.05) is 17.7 Å². The highest BCUT2D eigenvalue weighted by Gasteiger charge is 2.49. The fourth-order valence-corrected chi connectivity index (χ4v) is 4.84. The van der Waals surface area contributed by atoms with Crippen molar-refractivity contribution in [1.29, 1.82) is 0 Å². The van der Waals surface area contributed by atoms with Gasteiger partial charge in [0.2, 0.25) is 5.91 Å². The number of carbonyl (C=O) groups excluding carboxylic acids is 1. The average Bonchev–Trinajstić information content (AvgIpc) is 2.53. The summed E-state index contributed by atoms with van der Waals surface area (Å²) in [6.45, 7) is 5.65. The predicted molar refractivity (Wildman–Crippen MR) is 96.4 cm³/mol. The fraction of sp³-hybridized carbons (Fsp3) is 0.667. The lowest BCUT2D eigenvalue weighted by molar-refractivity contribution is -0.154. The van der Waals surface area contributed by atoms with E-state index in [0.717, 1.165) is 44.5 Å². The molecule has 4 heteroatoms. The number of carbonyl (C=O) groups is 1. The van der Waals surface area contributed by atoms with E-state index >= 15 is 0 Å². The van der Waals surface area contributed by atoms with Crippen molar-refractivity contribution >= 4 is 5.91 Å². The van der Waals surface area contributed by atoms with Gasteiger partial charge in [-0.15, -0.1) is 0 Å². The van der Waals surface area contributed by atoms with E-state index in [1.54, 1.807) is 0 Å². The predicted octanol–water partition coefficient (Wildman–Crippen LogP) is 3.31. The minimum Gasteiger partial charge on any atom is -0.490 e. The van der Waals surface area contributed by atoms with Crippen molar-refractivity contribution in [2.45, 2.75) is 64.1 Å². The molecule has 1 saturated heterocycles. The van der Waals surface area contributed by atoms with Gasteiger partial charge < -0.3 is 14.7 Å². The van der Waals surface area contributed by atoms with E-state index in [0.29, 0.717) is 24.4 Å². The Balaban J connectivity index is 1.23. The second-order valence-corrected chi connectivity index (χ2v) is 8.89. The first-order valence-electron chi connectivity index (χ1n) is 9.59. The van der Waals surface area contributed by atoms with Crippen LogP contribution in [0.4, 0.5) is 0 Å². The largest absolute Gasteiger partial charge is 0.490 e. The van der Waals surface area contributed by atoms with Crippen LogP contribution in [0.3, 0.4) is 0 Å². The molecule has 1 aromatic rings. The maximum atomic E-state index is 12.5. The Bertz CT molecular complexity index is 628. The van der Waals surface area contributed by atoms with Crippen molar-refractivity contribution in [3.05, 3.63) is 29.8 Å². The summed E-state index contributed by atoms with van der Waals surface area (Å²) in [5, 5.41) is 9.84. The normalized spacial score (nSPS) is 31.3. The molecule has 0 unspecified atom stereocenters. The van der Waals surface area contributed by atoms with Crippen molar-refractivity contribution in [2.75, 3.05) is 13.1 Å². The molecule has 1 heterocycles. The van der Waals surface area contributed by atoms with E-state index < -0.39 is 5.60 Å². The molecule has 1 N–H and O–H groups in total. The summed E-state index contributed by atoms with van der Waals surface area (Å²) in [6, 6.07) is 8.28. The Morgan fingerprint density at radius 2 is 1.72 bits per heavy atom. The number of hydrogen-bond donors (Lipinski definition) is 1. The molecule has 3 fully saturated rings. The zero-order valence-electron chi connectivity index (χ0n) is 15.3. The quantitative estimate of drug-likeness (QED) is 0.916. The monoisotopic (exact) mass is 343 g/mol. The number of rotatable bonds is 3. The van der Waals surface area contributed by atoms with E-state index in [-0.39, 0.29) is 11.8 Å². The van der Waals surface area contributed by atoms with Crippen LogP contribution in [0.5, 0.6) is 5.75 Å². The van der Waals surface area contributed by atoms with Crippen molar-refractivity contribution in [3.63, 3.8) is 0 Å². The lowest BCUT2D eigenvalue weighted by Gasteiger charge is -2.52. The summed E-state index contributed by atoms with van der Waals surface area (Å²) >= 11 is 0. The van der Waals surface area contributed by atoms with E-state index in [9.17, 15) is 9.90 Å². The molecule has 4 rings (SSSR count). The number of aliphatic hydroxyl groups is 1. The molecule has 0 aromatic heterocycles. The lowest BCUT2D eigenvalue weighted by Crippen LogP contribution is -2.55. The topological polar surface area (TPSA) is 49.8 Å². The van der Waals surface area contributed by atoms with Crippen LogP contribution in [0.25, 0.3) is 0 Å². The highest BCUT2D eigenvalue weighted by atomic mass is 16.5. The van der Waals surface area contributed by atoms with Gasteiger partial charge in [-0.3, -0.25) is 4.79 Å². The molecule has 3 aliphatic rings. The van der Waals surface area contributed by atoms with Crippen LogP contribution in [-0.2, 0) is 4.79 Å². The summed E-state index contributed by atoms with van der Waals surface area (Å²) in [4.78, 5) is 14.5. The molecule has 4 nitrogen and oxygen atoms in total. The highest BCUT2D eigenvalue weighted by molar-refractivity contribution is 5.80. The molecule has 1 aliphatic heterocycles. The Labute approximate surface area is 150 Å². The van der Waals surface area contributed by atoms with Crippen molar-refractivity contribution in [1.82, 2.24) is 4.90 Å². The molecule has 25 heavy (non-hydrogen) atoms. The van der Waals surface area contributed by atoms with Gasteiger partial charge in [-0.05, 0) is 69.9 Å². The third kappa shape index (κ3) is 3.41. The first-order chi connectivity index (χ1) is 11.8. The molecule has 136 valence electrons. The van der Waals surface area contributed by atoms with E-state index in [1.165, 1.54) is 5.56 Å². The van der Waals surface area contributed by atoms with Gasteiger partial charge in [0.1, 0.15) is 5.75 Å². The third-order valence-electron chi connectivity index (χ3n) is 6.50. The number of ether oxygens (including phenoxy) is 1. The van der Waals surface area contributed by atoms with Gasteiger partial charge in [0.15, 0.2) is 0 Å². The molecular weight excluding hydrogens is 314 g/mol. The first kappa shape index (κ1) is 16.9. The van der Waals surface area contributed by atoms with Gasteiger partial charge in [-0.2, -0.15) is 0 Å². The Morgan fingerprint density at radius 1 is 1.12 bits per heavy atom. The molecule has 1 aromatic carbocycles. The molecular formula is C21H29NO3. The number of hydrogen-bond acceptors (Lipinski definition) is 3. The third-order valence-corrected chi connectivity index (χ3v) is 6.50. The van der Waals surface area contributed by atoms with Gasteiger partial charge in [0.25, 0.3) is 0 Å². The van der Waals surface area contributed by atoms with E-state index in [2.05, 4.69) is 31.2 Å². The fourth-order valence-electron chi connectivity index (χ4n) is 4.84. The number of nitrogens with zero attached hydrogens (tertiary/aromatic N) is 1. The zero-order valence-corrected chi connectivity index (χ0v) is 15.3. The van der Waals surface area contributed by atoms with Crippen LogP contribution >= 0.6 is 0 Å². The number of amides is 1. The molecule has 0 radical (unpaired) electrons. The lowest BCUT2D eigenvalue weighted by atomic mass is 9.61. The molecule has 1 spiro atoms. The smallest absolute Gasteiger partial charge is 0.225 e. The summed E-state index contributed by atoms with van der Waals surface area (Å²) < 4.78 is 6.09. The average molecular weight is 343 g/mol. The minimum atomic E-state index is -0.619. The zero-order chi connectivity index (χ0) is 17.7. The number of piperidine rings is 1. The first-order valence-corrected chi connectivity index (χ1v) is 9.59. The molecule has 2 saturated carbocycles. The number of likely N-dealkylation sites (tertiary alicyclic amines) is 1. The summed E-state index contributed by atoms with van der Waals surface area (Å²) in [6.07, 6.45) is 5.99. The second kappa shape index (κ2) is 6.01. The van der Waals surface area contributed by atoms with Gasteiger partial charge >= 0.3 is 0 Å². The van der Waals surface area contributed by atoms with Crippen LogP contribution in [0.2, 0.25) is 0 Å². The molecule has 0 atom stereocenters. The maximum Gasteiger partial charge on any atom is 0.225 e. The maximum absolute atomic E-state index is 12.5. The Kier molecular flexibility index (Phi) is 4.06. The highest BCUT2D eigenvalue weighted by Crippen LogP contribution is 2.51. The van der Waals surface area contributed by atoms with Crippen LogP contribution in [0, 0.1) is 18.3 Å². The van der Waals surface area contributed by atoms with Crippen molar-refractivity contribution in [2.24, 2.45) is 11.3 Å². The summed E-state index contributed by atoms with van der Waals surface area (Å²) in [7, 11) is 0. The Hall–Kier alpha value is -1.55. The number of aryl methyl sites for hydroxylation is 1. The van der Waals surface area contributed by atoms with Crippen LogP contribution in [0.15, 0.2) is 24.3 Å². The standard InChI is InChI=1S/C21H29NO3/c1-15-3-5-17(6-4-15)25-18-13-21(14-18)7-9-22(10-8-21)19(23)16-11-20(2,24)12-16/h3-6,16,18,24H,7-14H2,1-2H3/t16-,20+. The summed E-state index contributed by atoms with van der Waals surface area (Å²) in [5.74, 6) is 1.27. The van der Waals surface area contributed by atoms with Crippen LogP contribution in [-0.4, -0.2) is 40.7 Å². The number of benzene rings is 1. The van der Waals surface area contributed by atoms with E-state index in [4.69, 9.17) is 4.74 Å².